The zero-order chi connectivity index (χ0) is 19.7. The van der Waals surface area contributed by atoms with Gasteiger partial charge in [0, 0.05) is 34.0 Å². The topological polar surface area (TPSA) is 75.2 Å². The van der Waals surface area contributed by atoms with Crippen molar-refractivity contribution >= 4 is 44.3 Å². The highest BCUT2D eigenvalue weighted by atomic mass is 79.9. The fraction of sp³-hybridized carbons (Fsp3) is 0.238. The predicted octanol–water partition coefficient (Wildman–Crippen LogP) is 2.90. The van der Waals surface area contributed by atoms with Crippen LogP contribution >= 0.6 is 15.9 Å². The average molecular weight is 441 g/mol. The second kappa shape index (κ2) is 7.77. The van der Waals surface area contributed by atoms with E-state index in [0.717, 1.165) is 37.9 Å². The molecule has 144 valence electrons. The number of rotatable bonds is 5. The first kappa shape index (κ1) is 18.7. The van der Waals surface area contributed by atoms with Crippen molar-refractivity contribution in [1.29, 1.82) is 0 Å². The maximum atomic E-state index is 12.6. The molecule has 0 atom stereocenters. The Bertz CT molecular complexity index is 1070. The lowest BCUT2D eigenvalue weighted by Gasteiger charge is -2.14. The number of amides is 2. The molecule has 3 aromatic rings. The highest BCUT2D eigenvalue weighted by molar-refractivity contribution is 9.10. The van der Waals surface area contributed by atoms with E-state index in [1.165, 1.54) is 0 Å². The Labute approximate surface area is 171 Å². The molecule has 0 aliphatic carbocycles. The molecule has 0 bridgehead atoms. The fourth-order valence-electron chi connectivity index (χ4n) is 3.73. The van der Waals surface area contributed by atoms with Gasteiger partial charge in [-0.3, -0.25) is 9.59 Å². The lowest BCUT2D eigenvalue weighted by atomic mass is 10.0. The van der Waals surface area contributed by atoms with Crippen LogP contribution in [0.25, 0.3) is 22.2 Å². The molecule has 1 aromatic heterocycles. The van der Waals surface area contributed by atoms with Crippen LogP contribution in [0.4, 0.5) is 5.69 Å². The fourth-order valence-corrected chi connectivity index (χ4v) is 4.09. The standard InChI is InChI=1S/C21H21BrN4O2/c1-23-8-9-24-20(28)12-26-18-7-6-13(22)10-15(18)16-11-19(27)25-17-5-3-2-4-14(17)21(16)26/h2-7,10,23H,8-9,11-12H2,1H3,(H,24,28)(H,25,27). The SMILES string of the molecule is CNCCNC(=O)Cn1c2c(c3cc(Br)ccc31)CC(=O)Nc1ccccc1-2. The number of carbonyl (C=O) groups excluding carboxylic acids is 2. The van der Waals surface area contributed by atoms with E-state index in [1.807, 2.05) is 54.1 Å². The highest BCUT2D eigenvalue weighted by Crippen LogP contribution is 2.40. The first-order chi connectivity index (χ1) is 13.6. The summed E-state index contributed by atoms with van der Waals surface area (Å²) in [6.45, 7) is 1.48. The van der Waals surface area contributed by atoms with Crippen molar-refractivity contribution in [2.24, 2.45) is 0 Å². The smallest absolute Gasteiger partial charge is 0.240 e. The maximum Gasteiger partial charge on any atom is 0.240 e. The summed E-state index contributed by atoms with van der Waals surface area (Å²) >= 11 is 3.53. The van der Waals surface area contributed by atoms with Crippen LogP contribution in [-0.4, -0.2) is 36.5 Å². The minimum Gasteiger partial charge on any atom is -0.353 e. The summed E-state index contributed by atoms with van der Waals surface area (Å²) in [5.74, 6) is -0.109. The van der Waals surface area contributed by atoms with Crippen LogP contribution in [0.1, 0.15) is 5.56 Å². The summed E-state index contributed by atoms with van der Waals surface area (Å²) in [6.07, 6.45) is 0.269. The van der Waals surface area contributed by atoms with Gasteiger partial charge in [0.2, 0.25) is 11.8 Å². The normalized spacial score (nSPS) is 12.9. The molecular formula is C21H21BrN4O2. The van der Waals surface area contributed by atoms with Gasteiger partial charge in [-0.2, -0.15) is 0 Å². The van der Waals surface area contributed by atoms with Gasteiger partial charge in [-0.15, -0.1) is 0 Å². The zero-order valence-corrected chi connectivity index (χ0v) is 17.1. The molecule has 0 radical (unpaired) electrons. The van der Waals surface area contributed by atoms with Crippen LogP contribution in [0.2, 0.25) is 0 Å². The average Bonchev–Trinajstić information content (AvgIpc) is 2.85. The number of benzene rings is 2. The van der Waals surface area contributed by atoms with Crippen LogP contribution in [0.15, 0.2) is 46.9 Å². The quantitative estimate of drug-likeness (QED) is 0.533. The van der Waals surface area contributed by atoms with Crippen molar-refractivity contribution in [3.05, 3.63) is 52.5 Å². The number of likely N-dealkylation sites (N-methyl/N-ethyl adjacent to an activating group) is 1. The molecule has 0 fully saturated rings. The number of nitrogens with zero attached hydrogens (tertiary/aromatic N) is 1. The Kier molecular flexibility index (Phi) is 5.19. The van der Waals surface area contributed by atoms with Crippen molar-refractivity contribution < 1.29 is 9.59 Å². The third-order valence-corrected chi connectivity index (χ3v) is 5.42. The molecule has 0 saturated heterocycles. The molecule has 2 amide bonds. The molecule has 7 heteroatoms. The lowest BCUT2D eigenvalue weighted by molar-refractivity contribution is -0.121. The molecule has 2 heterocycles. The van der Waals surface area contributed by atoms with Gasteiger partial charge in [-0.05, 0) is 36.9 Å². The van der Waals surface area contributed by atoms with Crippen molar-refractivity contribution in [3.8, 4) is 11.3 Å². The number of nitrogens with one attached hydrogen (secondary N) is 3. The number of hydrogen-bond donors (Lipinski definition) is 3. The van der Waals surface area contributed by atoms with E-state index in [9.17, 15) is 9.59 Å². The molecule has 28 heavy (non-hydrogen) atoms. The molecule has 2 aromatic carbocycles. The molecule has 4 rings (SSSR count). The Hall–Kier alpha value is -2.64. The third-order valence-electron chi connectivity index (χ3n) is 4.92. The maximum absolute atomic E-state index is 12.6. The summed E-state index contributed by atoms with van der Waals surface area (Å²) in [7, 11) is 1.85. The van der Waals surface area contributed by atoms with Gasteiger partial charge < -0.3 is 20.5 Å². The second-order valence-corrected chi connectivity index (χ2v) is 7.71. The molecule has 6 nitrogen and oxygen atoms in total. The minimum atomic E-state index is -0.0566. The first-order valence-electron chi connectivity index (χ1n) is 9.19. The van der Waals surface area contributed by atoms with E-state index in [2.05, 4.69) is 31.9 Å². The minimum absolute atomic E-state index is 0.0521. The van der Waals surface area contributed by atoms with E-state index in [-0.39, 0.29) is 24.8 Å². The Morgan fingerprint density at radius 1 is 1.21 bits per heavy atom. The van der Waals surface area contributed by atoms with E-state index < -0.39 is 0 Å². The number of aromatic nitrogens is 1. The molecule has 1 aliphatic heterocycles. The van der Waals surface area contributed by atoms with Crippen molar-refractivity contribution in [2.45, 2.75) is 13.0 Å². The monoisotopic (exact) mass is 440 g/mol. The van der Waals surface area contributed by atoms with E-state index >= 15 is 0 Å². The molecular weight excluding hydrogens is 420 g/mol. The molecule has 3 N–H and O–H groups in total. The van der Waals surface area contributed by atoms with Crippen LogP contribution in [-0.2, 0) is 22.6 Å². The second-order valence-electron chi connectivity index (χ2n) is 6.80. The Morgan fingerprint density at radius 3 is 2.86 bits per heavy atom. The van der Waals surface area contributed by atoms with Gasteiger partial charge in [-0.25, -0.2) is 0 Å². The molecule has 0 unspecified atom stereocenters. The van der Waals surface area contributed by atoms with Gasteiger partial charge in [-0.1, -0.05) is 34.1 Å². The predicted molar refractivity (Wildman–Crippen MR) is 114 cm³/mol. The van der Waals surface area contributed by atoms with Gasteiger partial charge >= 0.3 is 0 Å². The number of halogens is 1. The lowest BCUT2D eigenvalue weighted by Crippen LogP contribution is -2.33. The summed E-state index contributed by atoms with van der Waals surface area (Å²) in [5.41, 5.74) is 4.51. The number of fused-ring (bicyclic) bond motifs is 5. The van der Waals surface area contributed by atoms with Crippen LogP contribution in [0, 0.1) is 0 Å². The van der Waals surface area contributed by atoms with Crippen molar-refractivity contribution in [2.75, 3.05) is 25.5 Å². The van der Waals surface area contributed by atoms with Gasteiger partial charge in [0.1, 0.15) is 6.54 Å². The Morgan fingerprint density at radius 2 is 2.04 bits per heavy atom. The van der Waals surface area contributed by atoms with E-state index in [0.29, 0.717) is 13.1 Å². The number of anilines is 1. The van der Waals surface area contributed by atoms with Crippen LogP contribution in [0.5, 0.6) is 0 Å². The van der Waals surface area contributed by atoms with Crippen molar-refractivity contribution in [1.82, 2.24) is 15.2 Å². The summed E-state index contributed by atoms with van der Waals surface area (Å²) in [5, 5.41) is 9.93. The van der Waals surface area contributed by atoms with E-state index in [4.69, 9.17) is 0 Å². The first-order valence-corrected chi connectivity index (χ1v) is 9.99. The highest BCUT2D eigenvalue weighted by Gasteiger charge is 2.26. The number of carbonyl (C=O) groups is 2. The van der Waals surface area contributed by atoms with Gasteiger partial charge in [0.15, 0.2) is 0 Å². The largest absolute Gasteiger partial charge is 0.353 e. The summed E-state index contributed by atoms with van der Waals surface area (Å²) < 4.78 is 2.96. The number of hydrogen-bond acceptors (Lipinski definition) is 3. The number of para-hydroxylation sites is 1. The molecule has 0 spiro atoms. The molecule has 0 saturated carbocycles. The van der Waals surface area contributed by atoms with Gasteiger partial charge in [0.25, 0.3) is 0 Å². The molecule has 1 aliphatic rings. The van der Waals surface area contributed by atoms with Crippen molar-refractivity contribution in [3.63, 3.8) is 0 Å². The van der Waals surface area contributed by atoms with Crippen LogP contribution < -0.4 is 16.0 Å². The zero-order valence-electron chi connectivity index (χ0n) is 15.5. The Balaban J connectivity index is 1.89. The van der Waals surface area contributed by atoms with E-state index in [1.54, 1.807) is 0 Å². The summed E-state index contributed by atoms with van der Waals surface area (Å²) in [4.78, 5) is 25.1. The van der Waals surface area contributed by atoms with Gasteiger partial charge in [0.05, 0.1) is 17.8 Å². The third kappa shape index (κ3) is 3.43. The summed E-state index contributed by atoms with van der Waals surface area (Å²) in [6, 6.07) is 13.7. The van der Waals surface area contributed by atoms with Crippen LogP contribution in [0.3, 0.4) is 0 Å².